The molecule has 2 rings (SSSR count). The van der Waals surface area contributed by atoms with Crippen LogP contribution in [0.1, 0.15) is 24.9 Å². The summed E-state index contributed by atoms with van der Waals surface area (Å²) in [6.07, 6.45) is 1.56. The smallest absolute Gasteiger partial charge is 0.267 e. The second-order valence-electron chi connectivity index (χ2n) is 5.10. The predicted molar refractivity (Wildman–Crippen MR) is 97.3 cm³/mol. The van der Waals surface area contributed by atoms with Crippen LogP contribution in [0.15, 0.2) is 36.4 Å². The highest BCUT2D eigenvalue weighted by atomic mass is 35.5. The van der Waals surface area contributed by atoms with E-state index in [0.29, 0.717) is 21.9 Å². The Morgan fingerprint density at radius 2 is 1.84 bits per heavy atom. The van der Waals surface area contributed by atoms with Crippen LogP contribution >= 0.6 is 22.9 Å². The summed E-state index contributed by atoms with van der Waals surface area (Å²) in [5, 5.41) is 0.421. The van der Waals surface area contributed by atoms with Gasteiger partial charge in [-0.1, -0.05) is 17.7 Å². The molecule has 3 N–H and O–H groups in total. The van der Waals surface area contributed by atoms with Gasteiger partial charge in [-0.05, 0) is 36.8 Å². The SMILES string of the molecule is CS(=O)(=O)NCCc1ccc(C(=O)NNC(=O)c2cccc(Cl)c2)s1. The zero-order valence-corrected chi connectivity index (χ0v) is 15.6. The number of nitrogens with one attached hydrogen (secondary N) is 3. The van der Waals surface area contributed by atoms with E-state index in [0.717, 1.165) is 11.1 Å². The molecule has 10 heteroatoms. The second-order valence-corrected chi connectivity index (χ2v) is 8.54. The van der Waals surface area contributed by atoms with Crippen LogP contribution in [0.4, 0.5) is 0 Å². The van der Waals surface area contributed by atoms with E-state index >= 15 is 0 Å². The standard InChI is InChI=1S/C15H16ClN3O4S2/c1-25(22,23)17-8-7-12-5-6-13(24-12)15(21)19-18-14(20)10-3-2-4-11(16)9-10/h2-6,9,17H,7-8H2,1H3,(H,18,20)(H,19,21). The van der Waals surface area contributed by atoms with Crippen molar-refractivity contribution in [3.8, 4) is 0 Å². The molecule has 0 aliphatic heterocycles. The van der Waals surface area contributed by atoms with Crippen LogP contribution in [0.3, 0.4) is 0 Å². The van der Waals surface area contributed by atoms with E-state index < -0.39 is 21.8 Å². The van der Waals surface area contributed by atoms with Crippen molar-refractivity contribution >= 4 is 44.8 Å². The monoisotopic (exact) mass is 401 g/mol. The molecule has 1 aromatic heterocycles. The lowest BCUT2D eigenvalue weighted by atomic mass is 10.2. The van der Waals surface area contributed by atoms with Gasteiger partial charge in [0.25, 0.3) is 11.8 Å². The van der Waals surface area contributed by atoms with E-state index in [1.54, 1.807) is 30.3 Å². The summed E-state index contributed by atoms with van der Waals surface area (Å²) in [6.45, 7) is 0.256. The van der Waals surface area contributed by atoms with E-state index in [4.69, 9.17) is 11.6 Å². The van der Waals surface area contributed by atoms with Gasteiger partial charge in [-0.2, -0.15) is 0 Å². The highest BCUT2D eigenvalue weighted by Crippen LogP contribution is 2.16. The van der Waals surface area contributed by atoms with Gasteiger partial charge in [0.15, 0.2) is 0 Å². The topological polar surface area (TPSA) is 104 Å². The Balaban J connectivity index is 1.86. The van der Waals surface area contributed by atoms with Crippen LogP contribution in [0.2, 0.25) is 5.02 Å². The summed E-state index contributed by atoms with van der Waals surface area (Å²) in [7, 11) is -3.23. The number of sulfonamides is 1. The van der Waals surface area contributed by atoms with Crippen molar-refractivity contribution in [2.24, 2.45) is 0 Å². The van der Waals surface area contributed by atoms with E-state index in [1.807, 2.05) is 0 Å². The summed E-state index contributed by atoms with van der Waals surface area (Å²) >= 11 is 7.03. The maximum atomic E-state index is 12.0. The molecule has 0 aliphatic carbocycles. The number of halogens is 1. The van der Waals surface area contributed by atoms with Crippen molar-refractivity contribution in [3.05, 3.63) is 56.7 Å². The van der Waals surface area contributed by atoms with Crippen LogP contribution in [0, 0.1) is 0 Å². The van der Waals surface area contributed by atoms with Crippen molar-refractivity contribution in [2.45, 2.75) is 6.42 Å². The van der Waals surface area contributed by atoms with Crippen LogP contribution in [-0.4, -0.2) is 33.0 Å². The second kappa shape index (κ2) is 8.43. The van der Waals surface area contributed by atoms with Gasteiger partial charge in [0, 0.05) is 22.0 Å². The number of rotatable bonds is 6. The van der Waals surface area contributed by atoms with Crippen molar-refractivity contribution in [1.29, 1.82) is 0 Å². The Kier molecular flexibility index (Phi) is 6.54. The van der Waals surface area contributed by atoms with E-state index in [-0.39, 0.29) is 6.54 Å². The molecule has 0 saturated heterocycles. The summed E-state index contributed by atoms with van der Waals surface area (Å²) in [6, 6.07) is 9.69. The van der Waals surface area contributed by atoms with Crippen molar-refractivity contribution in [3.63, 3.8) is 0 Å². The molecule has 0 atom stereocenters. The Hall–Kier alpha value is -1.94. The largest absolute Gasteiger partial charge is 0.279 e. The number of benzene rings is 1. The number of amides is 2. The van der Waals surface area contributed by atoms with E-state index in [2.05, 4.69) is 15.6 Å². The number of carbonyl (C=O) groups is 2. The minimum Gasteiger partial charge on any atom is -0.267 e. The van der Waals surface area contributed by atoms with Gasteiger partial charge >= 0.3 is 0 Å². The molecular weight excluding hydrogens is 386 g/mol. The lowest BCUT2D eigenvalue weighted by Gasteiger charge is -2.06. The third-order valence-corrected chi connectivity index (χ3v) is 5.10. The lowest BCUT2D eigenvalue weighted by molar-refractivity contribution is 0.0849. The van der Waals surface area contributed by atoms with Gasteiger partial charge in [0.05, 0.1) is 11.1 Å². The number of hydrogen-bond donors (Lipinski definition) is 3. The van der Waals surface area contributed by atoms with E-state index in [1.165, 1.54) is 17.4 Å². The van der Waals surface area contributed by atoms with Crippen LogP contribution in [0.25, 0.3) is 0 Å². The summed E-state index contributed by atoms with van der Waals surface area (Å²) in [5.41, 5.74) is 4.97. The Morgan fingerprint density at radius 3 is 2.52 bits per heavy atom. The van der Waals surface area contributed by atoms with Crippen LogP contribution < -0.4 is 15.6 Å². The average molecular weight is 402 g/mol. The third-order valence-electron chi connectivity index (χ3n) is 3.00. The number of carbonyl (C=O) groups excluding carboxylic acids is 2. The van der Waals surface area contributed by atoms with Crippen molar-refractivity contribution in [2.75, 3.05) is 12.8 Å². The lowest BCUT2D eigenvalue weighted by Crippen LogP contribution is -2.41. The fourth-order valence-electron chi connectivity index (χ4n) is 1.87. The molecule has 0 saturated carbocycles. The molecule has 7 nitrogen and oxygen atoms in total. The van der Waals surface area contributed by atoms with Gasteiger partial charge in [-0.3, -0.25) is 20.4 Å². The van der Waals surface area contributed by atoms with Gasteiger partial charge in [0.2, 0.25) is 10.0 Å². The number of hydrogen-bond acceptors (Lipinski definition) is 5. The minimum absolute atomic E-state index is 0.256. The first-order chi connectivity index (χ1) is 11.7. The highest BCUT2D eigenvalue weighted by Gasteiger charge is 2.12. The average Bonchev–Trinajstić information content (AvgIpc) is 3.00. The molecule has 0 unspecified atom stereocenters. The van der Waals surface area contributed by atoms with Crippen molar-refractivity contribution in [1.82, 2.24) is 15.6 Å². The first-order valence-electron chi connectivity index (χ1n) is 7.14. The molecule has 134 valence electrons. The van der Waals surface area contributed by atoms with Crippen molar-refractivity contribution < 1.29 is 18.0 Å². The van der Waals surface area contributed by atoms with Crippen LogP contribution in [-0.2, 0) is 16.4 Å². The van der Waals surface area contributed by atoms with Gasteiger partial charge in [-0.15, -0.1) is 11.3 Å². The first-order valence-corrected chi connectivity index (χ1v) is 10.2. The first kappa shape index (κ1) is 19.4. The molecule has 1 heterocycles. The molecule has 0 fully saturated rings. The fraction of sp³-hybridized carbons (Fsp3) is 0.200. The minimum atomic E-state index is -3.23. The Labute approximate surface area is 154 Å². The number of hydrazine groups is 1. The predicted octanol–water partition coefficient (Wildman–Crippen LogP) is 1.57. The Bertz CT molecular complexity index is 880. The molecule has 1 aromatic carbocycles. The zero-order chi connectivity index (χ0) is 18.4. The quantitative estimate of drug-likeness (QED) is 0.639. The molecule has 0 aliphatic rings. The highest BCUT2D eigenvalue weighted by molar-refractivity contribution is 7.88. The summed E-state index contributed by atoms with van der Waals surface area (Å²) < 4.78 is 24.4. The molecule has 2 aromatic rings. The Morgan fingerprint density at radius 1 is 1.12 bits per heavy atom. The fourth-order valence-corrected chi connectivity index (χ4v) is 3.44. The van der Waals surface area contributed by atoms with Gasteiger partial charge < -0.3 is 0 Å². The van der Waals surface area contributed by atoms with E-state index in [9.17, 15) is 18.0 Å². The van der Waals surface area contributed by atoms with Crippen LogP contribution in [0.5, 0.6) is 0 Å². The maximum absolute atomic E-state index is 12.0. The summed E-state index contributed by atoms with van der Waals surface area (Å²) in [5.74, 6) is -0.937. The number of thiophene rings is 1. The third kappa shape index (κ3) is 6.46. The van der Waals surface area contributed by atoms with Gasteiger partial charge in [0.1, 0.15) is 0 Å². The zero-order valence-electron chi connectivity index (χ0n) is 13.2. The normalized spacial score (nSPS) is 11.1. The van der Waals surface area contributed by atoms with Gasteiger partial charge in [-0.25, -0.2) is 13.1 Å². The molecule has 0 spiro atoms. The maximum Gasteiger partial charge on any atom is 0.279 e. The summed E-state index contributed by atoms with van der Waals surface area (Å²) in [4.78, 5) is 25.2. The molecule has 2 amide bonds. The molecular formula is C15H16ClN3O4S2. The molecule has 0 radical (unpaired) electrons. The molecule has 0 bridgehead atoms. The molecule has 25 heavy (non-hydrogen) atoms.